The maximum absolute atomic E-state index is 10.1. The summed E-state index contributed by atoms with van der Waals surface area (Å²) in [7, 11) is 4.38. The molecular formula is C15H31N3O. The second-order valence-corrected chi connectivity index (χ2v) is 6.62. The van der Waals surface area contributed by atoms with Crippen molar-refractivity contribution in [3.05, 3.63) is 0 Å². The minimum Gasteiger partial charge on any atom is -0.390 e. The van der Waals surface area contributed by atoms with Crippen molar-refractivity contribution >= 4 is 0 Å². The topological polar surface area (TPSA) is 38.7 Å². The molecule has 1 aliphatic heterocycles. The number of aliphatic hydroxyl groups excluding tert-OH is 1. The molecule has 0 aromatic heterocycles. The largest absolute Gasteiger partial charge is 0.390 e. The first-order valence-corrected chi connectivity index (χ1v) is 7.91. The number of likely N-dealkylation sites (N-methyl/N-ethyl adjacent to an activating group) is 1. The molecule has 0 bridgehead atoms. The summed E-state index contributed by atoms with van der Waals surface area (Å²) in [6, 6.07) is 0. The number of rotatable bonds is 7. The predicted octanol–water partition coefficient (Wildman–Crippen LogP) is 0.907. The van der Waals surface area contributed by atoms with Gasteiger partial charge in [-0.3, -0.25) is 0 Å². The van der Waals surface area contributed by atoms with Crippen molar-refractivity contribution in [3.8, 4) is 0 Å². The van der Waals surface area contributed by atoms with Crippen LogP contribution >= 0.6 is 0 Å². The van der Waals surface area contributed by atoms with Gasteiger partial charge in [-0.25, -0.2) is 0 Å². The lowest BCUT2D eigenvalue weighted by Gasteiger charge is -2.37. The standard InChI is InChI=1S/C15H31N3O/c1-17(2)15(7-3-4-8-15)13-16-11-14(19)12-18-9-5-6-10-18/h14,16,19H,3-13H2,1-2H3. The lowest BCUT2D eigenvalue weighted by Crippen LogP contribution is -2.51. The van der Waals surface area contributed by atoms with Crippen LogP contribution in [0.2, 0.25) is 0 Å². The van der Waals surface area contributed by atoms with Crippen LogP contribution in [0.5, 0.6) is 0 Å². The monoisotopic (exact) mass is 269 g/mol. The van der Waals surface area contributed by atoms with Gasteiger partial charge in [0, 0.05) is 25.2 Å². The van der Waals surface area contributed by atoms with Crippen molar-refractivity contribution in [1.82, 2.24) is 15.1 Å². The average Bonchev–Trinajstić information content (AvgIpc) is 3.00. The van der Waals surface area contributed by atoms with Gasteiger partial charge in [0.2, 0.25) is 0 Å². The van der Waals surface area contributed by atoms with Gasteiger partial charge in [-0.05, 0) is 52.9 Å². The molecular weight excluding hydrogens is 238 g/mol. The first kappa shape index (κ1) is 15.2. The summed E-state index contributed by atoms with van der Waals surface area (Å²) in [5.74, 6) is 0. The number of likely N-dealkylation sites (tertiary alicyclic amines) is 1. The lowest BCUT2D eigenvalue weighted by atomic mass is 9.96. The molecule has 2 rings (SSSR count). The molecule has 1 saturated heterocycles. The number of hydrogen-bond acceptors (Lipinski definition) is 4. The summed E-state index contributed by atoms with van der Waals surface area (Å²) >= 11 is 0. The van der Waals surface area contributed by atoms with Crippen molar-refractivity contribution in [2.75, 3.05) is 46.8 Å². The van der Waals surface area contributed by atoms with Crippen molar-refractivity contribution in [1.29, 1.82) is 0 Å². The van der Waals surface area contributed by atoms with Crippen molar-refractivity contribution in [2.45, 2.75) is 50.2 Å². The zero-order valence-corrected chi connectivity index (χ0v) is 12.7. The Morgan fingerprint density at radius 3 is 2.37 bits per heavy atom. The molecule has 1 aliphatic carbocycles. The zero-order chi connectivity index (χ0) is 13.7. The Morgan fingerprint density at radius 2 is 1.79 bits per heavy atom. The van der Waals surface area contributed by atoms with Crippen molar-refractivity contribution < 1.29 is 5.11 Å². The Kier molecular flexibility index (Phi) is 5.63. The van der Waals surface area contributed by atoms with E-state index in [9.17, 15) is 5.11 Å². The second-order valence-electron chi connectivity index (χ2n) is 6.62. The number of hydrogen-bond donors (Lipinski definition) is 2. The molecule has 0 amide bonds. The molecule has 2 fully saturated rings. The third kappa shape index (κ3) is 4.15. The average molecular weight is 269 g/mol. The third-order valence-electron chi connectivity index (χ3n) is 4.98. The minimum absolute atomic E-state index is 0.223. The Labute approximate surface area is 118 Å². The van der Waals surface area contributed by atoms with Crippen LogP contribution in [-0.4, -0.2) is 73.4 Å². The Morgan fingerprint density at radius 1 is 1.16 bits per heavy atom. The molecule has 4 heteroatoms. The molecule has 1 atom stereocenters. The van der Waals surface area contributed by atoms with Crippen LogP contribution in [0.1, 0.15) is 38.5 Å². The molecule has 0 spiro atoms. The normalized spacial score (nSPS) is 25.3. The molecule has 0 radical (unpaired) electrons. The highest BCUT2D eigenvalue weighted by atomic mass is 16.3. The zero-order valence-electron chi connectivity index (χ0n) is 12.7. The maximum Gasteiger partial charge on any atom is 0.0791 e. The third-order valence-corrected chi connectivity index (χ3v) is 4.98. The van der Waals surface area contributed by atoms with E-state index in [0.717, 1.165) is 19.6 Å². The molecule has 1 unspecified atom stereocenters. The molecule has 2 aliphatic rings. The first-order valence-electron chi connectivity index (χ1n) is 7.91. The highest BCUT2D eigenvalue weighted by Gasteiger charge is 2.35. The highest BCUT2D eigenvalue weighted by molar-refractivity contribution is 4.94. The summed E-state index contributed by atoms with van der Waals surface area (Å²) in [4.78, 5) is 4.75. The summed E-state index contributed by atoms with van der Waals surface area (Å²) in [5, 5.41) is 13.6. The highest BCUT2D eigenvalue weighted by Crippen LogP contribution is 2.32. The maximum atomic E-state index is 10.1. The van der Waals surface area contributed by atoms with Gasteiger partial charge in [0.05, 0.1) is 6.10 Å². The minimum atomic E-state index is -0.223. The van der Waals surface area contributed by atoms with E-state index in [0.29, 0.717) is 5.54 Å². The van der Waals surface area contributed by atoms with E-state index >= 15 is 0 Å². The smallest absolute Gasteiger partial charge is 0.0791 e. The van der Waals surface area contributed by atoms with E-state index in [-0.39, 0.29) is 6.10 Å². The molecule has 19 heavy (non-hydrogen) atoms. The van der Waals surface area contributed by atoms with Gasteiger partial charge in [-0.15, -0.1) is 0 Å². The number of aliphatic hydroxyl groups is 1. The van der Waals surface area contributed by atoms with Crippen LogP contribution < -0.4 is 5.32 Å². The van der Waals surface area contributed by atoms with Crippen LogP contribution in [0.25, 0.3) is 0 Å². The SMILES string of the molecule is CN(C)C1(CNCC(O)CN2CCCC2)CCCC1. The predicted molar refractivity (Wildman–Crippen MR) is 79.4 cm³/mol. The molecule has 4 nitrogen and oxygen atoms in total. The van der Waals surface area contributed by atoms with E-state index in [4.69, 9.17) is 0 Å². The molecule has 1 saturated carbocycles. The van der Waals surface area contributed by atoms with Gasteiger partial charge < -0.3 is 20.2 Å². The van der Waals surface area contributed by atoms with Crippen LogP contribution in [-0.2, 0) is 0 Å². The molecule has 112 valence electrons. The number of nitrogens with zero attached hydrogens (tertiary/aromatic N) is 2. The Balaban J connectivity index is 1.66. The molecule has 0 aromatic rings. The van der Waals surface area contributed by atoms with Gasteiger partial charge in [-0.1, -0.05) is 12.8 Å². The van der Waals surface area contributed by atoms with E-state index in [2.05, 4.69) is 29.2 Å². The lowest BCUT2D eigenvalue weighted by molar-refractivity contribution is 0.109. The van der Waals surface area contributed by atoms with Crippen molar-refractivity contribution in [2.24, 2.45) is 0 Å². The summed E-state index contributed by atoms with van der Waals surface area (Å²) in [5.41, 5.74) is 0.327. The summed E-state index contributed by atoms with van der Waals surface area (Å²) < 4.78 is 0. The van der Waals surface area contributed by atoms with Crippen molar-refractivity contribution in [3.63, 3.8) is 0 Å². The van der Waals surface area contributed by atoms with Crippen LogP contribution in [0.4, 0.5) is 0 Å². The number of β-amino-alcohol motifs (C(OH)–C–C–N with tert-alkyl or cyclic N) is 1. The van der Waals surface area contributed by atoms with Gasteiger partial charge in [-0.2, -0.15) is 0 Å². The fraction of sp³-hybridized carbons (Fsp3) is 1.00. The fourth-order valence-corrected chi connectivity index (χ4v) is 3.61. The molecule has 0 aromatic carbocycles. The van der Waals surface area contributed by atoms with E-state index in [1.807, 2.05) is 0 Å². The quantitative estimate of drug-likeness (QED) is 0.720. The van der Waals surface area contributed by atoms with E-state index in [1.54, 1.807) is 0 Å². The molecule has 2 N–H and O–H groups in total. The van der Waals surface area contributed by atoms with Crippen LogP contribution in [0.15, 0.2) is 0 Å². The number of nitrogens with one attached hydrogen (secondary N) is 1. The van der Waals surface area contributed by atoms with Crippen LogP contribution in [0.3, 0.4) is 0 Å². The fourth-order valence-electron chi connectivity index (χ4n) is 3.61. The van der Waals surface area contributed by atoms with E-state index in [1.165, 1.54) is 51.6 Å². The van der Waals surface area contributed by atoms with Gasteiger partial charge in [0.25, 0.3) is 0 Å². The summed E-state index contributed by atoms with van der Waals surface area (Å²) in [6.07, 6.45) is 7.63. The van der Waals surface area contributed by atoms with Gasteiger partial charge in [0.1, 0.15) is 0 Å². The van der Waals surface area contributed by atoms with Gasteiger partial charge in [0.15, 0.2) is 0 Å². The van der Waals surface area contributed by atoms with Gasteiger partial charge >= 0.3 is 0 Å². The molecule has 1 heterocycles. The Hall–Kier alpha value is -0.160. The van der Waals surface area contributed by atoms with Crippen LogP contribution in [0, 0.1) is 0 Å². The second kappa shape index (κ2) is 7.02. The van der Waals surface area contributed by atoms with E-state index < -0.39 is 0 Å². The summed E-state index contributed by atoms with van der Waals surface area (Å²) in [6.45, 7) is 4.91. The Bertz CT molecular complexity index is 258. The first-order chi connectivity index (χ1) is 9.12.